The molecule has 1 aromatic rings. The van der Waals surface area contributed by atoms with E-state index in [-0.39, 0.29) is 16.9 Å². The van der Waals surface area contributed by atoms with Crippen molar-refractivity contribution >= 4 is 11.6 Å². The van der Waals surface area contributed by atoms with Gasteiger partial charge < -0.3 is 5.73 Å². The van der Waals surface area contributed by atoms with Gasteiger partial charge in [-0.2, -0.15) is 0 Å². The van der Waals surface area contributed by atoms with Gasteiger partial charge >= 0.3 is 0 Å². The Morgan fingerprint density at radius 2 is 2.17 bits per heavy atom. The van der Waals surface area contributed by atoms with Crippen LogP contribution in [-0.4, -0.2) is 6.04 Å². The van der Waals surface area contributed by atoms with E-state index in [9.17, 15) is 4.39 Å². The maximum Gasteiger partial charge on any atom is 0.141 e. The number of nitrogens with two attached hydrogens (primary N) is 1. The zero-order chi connectivity index (χ0) is 13.3. The van der Waals surface area contributed by atoms with Gasteiger partial charge in [0, 0.05) is 6.04 Å². The number of benzene rings is 1. The van der Waals surface area contributed by atoms with Crippen LogP contribution in [0.4, 0.5) is 4.39 Å². The van der Waals surface area contributed by atoms with Crippen LogP contribution in [0, 0.1) is 17.2 Å². The molecule has 0 spiro atoms. The standard InChI is InChI=1S/C15H21ClFN/c1-15(2)6-5-14(18)11(9-15)7-10-3-4-13(17)12(16)8-10/h3-4,8,11,14H,5-7,9,18H2,1-2H3. The fraction of sp³-hybridized carbons (Fsp3) is 0.600. The van der Waals surface area contributed by atoms with Crippen molar-refractivity contribution in [2.24, 2.45) is 17.1 Å². The molecule has 18 heavy (non-hydrogen) atoms. The van der Waals surface area contributed by atoms with Crippen molar-refractivity contribution in [2.45, 2.75) is 45.6 Å². The summed E-state index contributed by atoms with van der Waals surface area (Å²) in [5.74, 6) is 0.115. The van der Waals surface area contributed by atoms with Crippen LogP contribution >= 0.6 is 11.6 Å². The SMILES string of the molecule is CC1(C)CCC(N)C(Cc2ccc(F)c(Cl)c2)C1. The topological polar surface area (TPSA) is 26.0 Å². The second-order valence-corrected chi connectivity index (χ2v) is 6.69. The Kier molecular flexibility index (Phi) is 3.98. The lowest BCUT2D eigenvalue weighted by Crippen LogP contribution is -2.40. The highest BCUT2D eigenvalue weighted by Crippen LogP contribution is 2.39. The van der Waals surface area contributed by atoms with Gasteiger partial charge in [-0.1, -0.05) is 31.5 Å². The van der Waals surface area contributed by atoms with Crippen LogP contribution in [0.15, 0.2) is 18.2 Å². The van der Waals surface area contributed by atoms with Crippen LogP contribution in [0.1, 0.15) is 38.7 Å². The molecule has 0 aliphatic heterocycles. The Labute approximate surface area is 114 Å². The zero-order valence-electron chi connectivity index (χ0n) is 11.0. The Bertz CT molecular complexity index is 431. The van der Waals surface area contributed by atoms with Gasteiger partial charge in [0.25, 0.3) is 0 Å². The number of rotatable bonds is 2. The molecule has 3 heteroatoms. The van der Waals surface area contributed by atoms with E-state index < -0.39 is 0 Å². The lowest BCUT2D eigenvalue weighted by molar-refractivity contribution is 0.157. The normalized spacial score (nSPS) is 27.2. The highest BCUT2D eigenvalue weighted by molar-refractivity contribution is 6.30. The molecule has 1 aliphatic rings. The molecule has 2 rings (SSSR count). The van der Waals surface area contributed by atoms with Gasteiger partial charge in [0.15, 0.2) is 0 Å². The second-order valence-electron chi connectivity index (χ2n) is 6.28. The molecule has 1 saturated carbocycles. The van der Waals surface area contributed by atoms with E-state index in [1.165, 1.54) is 12.5 Å². The zero-order valence-corrected chi connectivity index (χ0v) is 11.8. The Balaban J connectivity index is 2.09. The summed E-state index contributed by atoms with van der Waals surface area (Å²) in [6.45, 7) is 4.59. The molecular weight excluding hydrogens is 249 g/mol. The minimum Gasteiger partial charge on any atom is -0.327 e. The van der Waals surface area contributed by atoms with Crippen LogP contribution in [0.2, 0.25) is 5.02 Å². The summed E-state index contributed by atoms with van der Waals surface area (Å²) in [6, 6.07) is 5.24. The van der Waals surface area contributed by atoms with E-state index in [1.807, 2.05) is 6.07 Å². The number of hydrogen-bond acceptors (Lipinski definition) is 1. The Morgan fingerprint density at radius 1 is 1.44 bits per heavy atom. The third-order valence-corrected chi connectivity index (χ3v) is 4.35. The molecule has 1 aromatic carbocycles. The lowest BCUT2D eigenvalue weighted by Gasteiger charge is -2.39. The maximum atomic E-state index is 13.1. The molecule has 0 amide bonds. The van der Waals surface area contributed by atoms with Gasteiger partial charge in [0.05, 0.1) is 5.02 Å². The molecule has 2 N–H and O–H groups in total. The fourth-order valence-electron chi connectivity index (χ4n) is 2.95. The predicted molar refractivity (Wildman–Crippen MR) is 74.2 cm³/mol. The first-order chi connectivity index (χ1) is 8.37. The summed E-state index contributed by atoms with van der Waals surface area (Å²) in [7, 11) is 0. The summed E-state index contributed by atoms with van der Waals surface area (Å²) in [6.07, 6.45) is 4.29. The Morgan fingerprint density at radius 3 is 2.83 bits per heavy atom. The lowest BCUT2D eigenvalue weighted by atomic mass is 9.68. The monoisotopic (exact) mass is 269 g/mol. The highest BCUT2D eigenvalue weighted by atomic mass is 35.5. The van der Waals surface area contributed by atoms with E-state index in [0.29, 0.717) is 11.3 Å². The van der Waals surface area contributed by atoms with Crippen LogP contribution < -0.4 is 5.73 Å². The Hall–Kier alpha value is -0.600. The summed E-state index contributed by atoms with van der Waals surface area (Å²) in [5.41, 5.74) is 7.66. The van der Waals surface area contributed by atoms with E-state index >= 15 is 0 Å². The minimum absolute atomic E-state index is 0.205. The summed E-state index contributed by atoms with van der Waals surface area (Å²) in [4.78, 5) is 0. The smallest absolute Gasteiger partial charge is 0.141 e. The summed E-state index contributed by atoms with van der Waals surface area (Å²) < 4.78 is 13.1. The average Bonchev–Trinajstić information content (AvgIpc) is 2.28. The molecule has 0 saturated heterocycles. The third-order valence-electron chi connectivity index (χ3n) is 4.06. The molecule has 1 nitrogen and oxygen atoms in total. The molecule has 0 heterocycles. The first kappa shape index (κ1) is 13.8. The summed E-state index contributed by atoms with van der Waals surface area (Å²) >= 11 is 5.82. The number of halogens is 2. The molecule has 1 aliphatic carbocycles. The van der Waals surface area contributed by atoms with Crippen molar-refractivity contribution in [1.29, 1.82) is 0 Å². The molecule has 100 valence electrons. The average molecular weight is 270 g/mol. The third kappa shape index (κ3) is 3.24. The van der Waals surface area contributed by atoms with Gasteiger partial charge in [0.1, 0.15) is 5.82 Å². The molecule has 1 fully saturated rings. The van der Waals surface area contributed by atoms with Gasteiger partial charge in [-0.3, -0.25) is 0 Å². The molecule has 0 aromatic heterocycles. The van der Waals surface area contributed by atoms with Crippen molar-refractivity contribution in [3.63, 3.8) is 0 Å². The first-order valence-corrected chi connectivity index (χ1v) is 6.95. The molecule has 0 bridgehead atoms. The summed E-state index contributed by atoms with van der Waals surface area (Å²) in [5, 5.41) is 0.205. The van der Waals surface area contributed by atoms with Gasteiger partial charge in [-0.15, -0.1) is 0 Å². The van der Waals surface area contributed by atoms with Crippen LogP contribution in [0.3, 0.4) is 0 Å². The van der Waals surface area contributed by atoms with Crippen molar-refractivity contribution in [1.82, 2.24) is 0 Å². The van der Waals surface area contributed by atoms with Crippen LogP contribution in [0.25, 0.3) is 0 Å². The van der Waals surface area contributed by atoms with E-state index in [4.69, 9.17) is 17.3 Å². The van der Waals surface area contributed by atoms with E-state index in [0.717, 1.165) is 24.8 Å². The quantitative estimate of drug-likeness (QED) is 0.857. The number of hydrogen-bond donors (Lipinski definition) is 1. The van der Waals surface area contributed by atoms with Crippen molar-refractivity contribution in [3.8, 4) is 0 Å². The highest BCUT2D eigenvalue weighted by Gasteiger charge is 2.32. The molecule has 2 unspecified atom stereocenters. The molecule has 2 atom stereocenters. The first-order valence-electron chi connectivity index (χ1n) is 6.57. The van der Waals surface area contributed by atoms with Crippen molar-refractivity contribution in [3.05, 3.63) is 34.6 Å². The molecule has 0 radical (unpaired) electrons. The largest absolute Gasteiger partial charge is 0.327 e. The predicted octanol–water partition coefficient (Wildman–Crippen LogP) is 4.18. The van der Waals surface area contributed by atoms with Crippen molar-refractivity contribution in [2.75, 3.05) is 0 Å². The van der Waals surface area contributed by atoms with Crippen LogP contribution in [-0.2, 0) is 6.42 Å². The maximum absolute atomic E-state index is 13.1. The van der Waals surface area contributed by atoms with E-state index in [2.05, 4.69) is 13.8 Å². The fourth-order valence-corrected chi connectivity index (χ4v) is 3.15. The second kappa shape index (κ2) is 5.18. The van der Waals surface area contributed by atoms with Crippen molar-refractivity contribution < 1.29 is 4.39 Å². The molecular formula is C15H21ClFN. The minimum atomic E-state index is -0.353. The van der Waals surface area contributed by atoms with E-state index in [1.54, 1.807) is 6.07 Å². The van der Waals surface area contributed by atoms with Crippen LogP contribution in [0.5, 0.6) is 0 Å². The van der Waals surface area contributed by atoms with Gasteiger partial charge in [-0.05, 0) is 54.7 Å². The van der Waals surface area contributed by atoms with Gasteiger partial charge in [-0.25, -0.2) is 4.39 Å². The van der Waals surface area contributed by atoms with Gasteiger partial charge in [0.2, 0.25) is 0 Å².